The van der Waals surface area contributed by atoms with Crippen LogP contribution in [0.5, 0.6) is 0 Å². The molecule has 0 aliphatic rings. The van der Waals surface area contributed by atoms with Crippen molar-refractivity contribution in [2.24, 2.45) is 0 Å². The lowest BCUT2D eigenvalue weighted by Crippen LogP contribution is -2.45. The van der Waals surface area contributed by atoms with Crippen molar-refractivity contribution in [3.63, 3.8) is 0 Å². The summed E-state index contributed by atoms with van der Waals surface area (Å²) in [6.07, 6.45) is 0.633. The number of hydrogen-bond donors (Lipinski definition) is 2. The van der Waals surface area contributed by atoms with Gasteiger partial charge >= 0.3 is 5.97 Å². The quantitative estimate of drug-likeness (QED) is 0.856. The Labute approximate surface area is 142 Å². The van der Waals surface area contributed by atoms with Crippen molar-refractivity contribution >= 4 is 11.9 Å². The van der Waals surface area contributed by atoms with Gasteiger partial charge in [-0.25, -0.2) is 0 Å². The first-order valence-electron chi connectivity index (χ1n) is 7.94. The van der Waals surface area contributed by atoms with Crippen molar-refractivity contribution in [1.29, 1.82) is 0 Å². The van der Waals surface area contributed by atoms with Gasteiger partial charge in [-0.15, -0.1) is 0 Å². The van der Waals surface area contributed by atoms with Gasteiger partial charge in [0.2, 0.25) is 0 Å². The number of nitrogens with one attached hydrogen (secondary N) is 1. The molecule has 4 nitrogen and oxygen atoms in total. The molecule has 0 aromatic heterocycles. The predicted octanol–water partition coefficient (Wildman–Crippen LogP) is 3.37. The Bertz CT molecular complexity index is 750. The molecule has 0 atom stereocenters. The minimum absolute atomic E-state index is 0.0896. The first-order chi connectivity index (χ1) is 11.3. The molecule has 0 fully saturated rings. The van der Waals surface area contributed by atoms with Crippen LogP contribution in [-0.2, 0) is 17.6 Å². The average Bonchev–Trinajstić information content (AvgIpc) is 2.48. The Morgan fingerprint density at radius 3 is 2.46 bits per heavy atom. The maximum atomic E-state index is 12.5. The zero-order chi connectivity index (χ0) is 17.7. The smallest absolute Gasteiger partial charge is 0.307 e. The summed E-state index contributed by atoms with van der Waals surface area (Å²) in [7, 11) is 0. The molecule has 2 aromatic rings. The van der Waals surface area contributed by atoms with Crippen LogP contribution in [0.2, 0.25) is 0 Å². The number of benzene rings is 2. The molecule has 0 radical (unpaired) electrons. The molecule has 0 heterocycles. The van der Waals surface area contributed by atoms with Crippen molar-refractivity contribution in [1.82, 2.24) is 5.32 Å². The number of amides is 1. The van der Waals surface area contributed by atoms with E-state index in [1.807, 2.05) is 26.0 Å². The van der Waals surface area contributed by atoms with Crippen molar-refractivity contribution < 1.29 is 14.7 Å². The van der Waals surface area contributed by atoms with Gasteiger partial charge < -0.3 is 10.4 Å². The zero-order valence-corrected chi connectivity index (χ0v) is 14.3. The summed E-state index contributed by atoms with van der Waals surface area (Å²) < 4.78 is 0. The molecule has 1 amide bonds. The van der Waals surface area contributed by atoms with E-state index in [2.05, 4.69) is 24.4 Å². The summed E-state index contributed by atoms with van der Waals surface area (Å²) in [6.45, 7) is 6.03. The van der Waals surface area contributed by atoms with Crippen LogP contribution in [0, 0.1) is 6.92 Å². The first-order valence-corrected chi connectivity index (χ1v) is 7.94. The van der Waals surface area contributed by atoms with Gasteiger partial charge in [-0.1, -0.05) is 36.4 Å². The van der Waals surface area contributed by atoms with Crippen molar-refractivity contribution in [2.45, 2.75) is 39.2 Å². The third-order valence-corrected chi connectivity index (χ3v) is 3.89. The van der Waals surface area contributed by atoms with Gasteiger partial charge in [0.15, 0.2) is 0 Å². The highest BCUT2D eigenvalue weighted by atomic mass is 16.4. The van der Waals surface area contributed by atoms with Crippen LogP contribution in [0.15, 0.2) is 48.5 Å². The van der Waals surface area contributed by atoms with Crippen LogP contribution < -0.4 is 5.32 Å². The van der Waals surface area contributed by atoms with Gasteiger partial charge in [0.25, 0.3) is 5.91 Å². The highest BCUT2D eigenvalue weighted by Gasteiger charge is 2.22. The largest absolute Gasteiger partial charge is 0.481 e. The second kappa shape index (κ2) is 7.30. The fraction of sp³-hybridized carbons (Fsp3) is 0.300. The summed E-state index contributed by atoms with van der Waals surface area (Å²) in [6, 6.07) is 14.9. The van der Waals surface area contributed by atoms with E-state index in [4.69, 9.17) is 5.11 Å². The maximum absolute atomic E-state index is 12.5. The van der Waals surface area contributed by atoms with Gasteiger partial charge in [0.05, 0.1) is 6.42 Å². The minimum atomic E-state index is -0.910. The van der Waals surface area contributed by atoms with Crippen LogP contribution in [0.25, 0.3) is 0 Å². The monoisotopic (exact) mass is 325 g/mol. The van der Waals surface area contributed by atoms with Crippen molar-refractivity contribution in [3.8, 4) is 0 Å². The molecule has 24 heavy (non-hydrogen) atoms. The second-order valence-corrected chi connectivity index (χ2v) is 6.71. The van der Waals surface area contributed by atoms with E-state index < -0.39 is 11.5 Å². The molecule has 0 saturated heterocycles. The van der Waals surface area contributed by atoms with E-state index in [-0.39, 0.29) is 12.3 Å². The molecule has 0 bridgehead atoms. The molecule has 126 valence electrons. The Hall–Kier alpha value is -2.62. The molecule has 2 aromatic carbocycles. The average molecular weight is 325 g/mol. The number of carbonyl (C=O) groups is 2. The lowest BCUT2D eigenvalue weighted by Gasteiger charge is -2.27. The standard InChI is InChI=1S/C20H23NO3/c1-14-7-4-5-9-17(14)13-20(2,3)21-19(24)16-10-6-8-15(11-16)12-18(22)23/h4-11H,12-13H2,1-3H3,(H,21,24)(H,22,23). The fourth-order valence-electron chi connectivity index (χ4n) is 2.71. The number of hydrogen-bond acceptors (Lipinski definition) is 2. The molecule has 2 rings (SSSR count). The van der Waals surface area contributed by atoms with Crippen molar-refractivity contribution in [3.05, 3.63) is 70.8 Å². The summed E-state index contributed by atoms with van der Waals surface area (Å²) in [5.74, 6) is -1.10. The Kier molecular flexibility index (Phi) is 5.39. The molecule has 2 N–H and O–H groups in total. The Morgan fingerprint density at radius 2 is 1.79 bits per heavy atom. The van der Waals surface area contributed by atoms with E-state index in [0.29, 0.717) is 11.1 Å². The zero-order valence-electron chi connectivity index (χ0n) is 14.3. The number of rotatable bonds is 6. The van der Waals surface area contributed by atoms with Crippen LogP contribution in [-0.4, -0.2) is 22.5 Å². The van der Waals surface area contributed by atoms with E-state index >= 15 is 0 Å². The topological polar surface area (TPSA) is 66.4 Å². The second-order valence-electron chi connectivity index (χ2n) is 6.71. The van der Waals surface area contributed by atoms with Gasteiger partial charge in [-0.05, 0) is 56.0 Å². The summed E-state index contributed by atoms with van der Waals surface area (Å²) in [5.41, 5.74) is 3.08. The number of carbonyl (C=O) groups excluding carboxylic acids is 1. The summed E-state index contributed by atoms with van der Waals surface area (Å²) in [4.78, 5) is 23.3. The molecule has 0 aliphatic heterocycles. The molecular weight excluding hydrogens is 302 g/mol. The summed E-state index contributed by atoms with van der Waals surface area (Å²) >= 11 is 0. The third-order valence-electron chi connectivity index (χ3n) is 3.89. The van der Waals surface area contributed by atoms with Gasteiger partial charge in [-0.2, -0.15) is 0 Å². The normalized spacial score (nSPS) is 11.1. The first kappa shape index (κ1) is 17.7. The Balaban J connectivity index is 2.10. The van der Waals surface area contributed by atoms with E-state index in [9.17, 15) is 9.59 Å². The number of carboxylic acids is 1. The maximum Gasteiger partial charge on any atom is 0.307 e. The van der Waals surface area contributed by atoms with Crippen LogP contribution in [0.3, 0.4) is 0 Å². The SMILES string of the molecule is Cc1ccccc1CC(C)(C)NC(=O)c1cccc(CC(=O)O)c1. The third kappa shape index (κ3) is 4.95. The minimum Gasteiger partial charge on any atom is -0.481 e. The highest BCUT2D eigenvalue weighted by molar-refractivity contribution is 5.95. The lowest BCUT2D eigenvalue weighted by molar-refractivity contribution is -0.136. The number of aryl methyl sites for hydroxylation is 1. The number of aliphatic carboxylic acids is 1. The van der Waals surface area contributed by atoms with E-state index in [1.54, 1.807) is 24.3 Å². The van der Waals surface area contributed by atoms with Crippen LogP contribution in [0.1, 0.15) is 40.9 Å². The van der Waals surface area contributed by atoms with Crippen molar-refractivity contribution in [2.75, 3.05) is 0 Å². The number of carboxylic acid groups (broad SMARTS) is 1. The lowest BCUT2D eigenvalue weighted by atomic mass is 9.92. The van der Waals surface area contributed by atoms with E-state index in [0.717, 1.165) is 6.42 Å². The Morgan fingerprint density at radius 1 is 1.08 bits per heavy atom. The van der Waals surface area contributed by atoms with Gasteiger partial charge in [-0.3, -0.25) is 9.59 Å². The highest BCUT2D eigenvalue weighted by Crippen LogP contribution is 2.17. The van der Waals surface area contributed by atoms with Gasteiger partial charge in [0, 0.05) is 11.1 Å². The van der Waals surface area contributed by atoms with Gasteiger partial charge in [0.1, 0.15) is 0 Å². The molecule has 0 unspecified atom stereocenters. The molecule has 0 saturated carbocycles. The molecule has 0 aliphatic carbocycles. The molecule has 4 heteroatoms. The fourth-order valence-corrected chi connectivity index (χ4v) is 2.71. The molecular formula is C20H23NO3. The van der Waals surface area contributed by atoms with Crippen LogP contribution in [0.4, 0.5) is 0 Å². The summed E-state index contributed by atoms with van der Waals surface area (Å²) in [5, 5.41) is 11.9. The van der Waals surface area contributed by atoms with Crippen LogP contribution >= 0.6 is 0 Å². The predicted molar refractivity (Wildman–Crippen MR) is 94.2 cm³/mol. The molecule has 0 spiro atoms. The van der Waals surface area contributed by atoms with E-state index in [1.165, 1.54) is 11.1 Å².